The maximum atomic E-state index is 11.1. The molecule has 3 rings (SSSR count). The minimum Gasteiger partial charge on any atom is -0.494 e. The highest BCUT2D eigenvalue weighted by atomic mass is 79.9. The van der Waals surface area contributed by atoms with Crippen LogP contribution in [0.3, 0.4) is 0 Å². The molecular formula is C20H16BrNO3. The molecule has 0 N–H and O–H groups in total. The Kier molecular flexibility index (Phi) is 5.14. The zero-order valence-electron chi connectivity index (χ0n) is 13.8. The van der Waals surface area contributed by atoms with Gasteiger partial charge in [0, 0.05) is 16.8 Å². The largest absolute Gasteiger partial charge is 0.494 e. The molecule has 1 aromatic heterocycles. The van der Waals surface area contributed by atoms with Crippen molar-refractivity contribution in [3.8, 4) is 11.5 Å². The third-order valence-corrected chi connectivity index (χ3v) is 4.31. The maximum Gasteiger partial charge on any atom is 0.308 e. The maximum absolute atomic E-state index is 11.1. The van der Waals surface area contributed by atoms with Gasteiger partial charge in [-0.15, -0.1) is 0 Å². The van der Waals surface area contributed by atoms with Gasteiger partial charge in [0.1, 0.15) is 17.0 Å². The lowest BCUT2D eigenvalue weighted by Gasteiger charge is -2.06. The summed E-state index contributed by atoms with van der Waals surface area (Å²) in [5, 5.41) is 1.02. The summed E-state index contributed by atoms with van der Waals surface area (Å²) in [6.45, 7) is 1.38. The Morgan fingerprint density at radius 3 is 2.72 bits per heavy atom. The monoisotopic (exact) mass is 397 g/mol. The van der Waals surface area contributed by atoms with Crippen LogP contribution >= 0.6 is 15.9 Å². The Hall–Kier alpha value is -2.66. The van der Waals surface area contributed by atoms with Gasteiger partial charge in [-0.1, -0.05) is 40.2 Å². The van der Waals surface area contributed by atoms with E-state index in [9.17, 15) is 4.79 Å². The summed E-state index contributed by atoms with van der Waals surface area (Å²) < 4.78 is 11.4. The molecule has 0 atom stereocenters. The van der Waals surface area contributed by atoms with Crippen LogP contribution < -0.4 is 9.47 Å². The molecule has 0 radical (unpaired) electrons. The SMILES string of the molecule is COc1cccc2ccc(C=Cc3cc(OC(C)=O)ccc3Br)nc12. The van der Waals surface area contributed by atoms with E-state index in [2.05, 4.69) is 20.9 Å². The molecule has 0 spiro atoms. The molecule has 3 aromatic rings. The van der Waals surface area contributed by atoms with E-state index in [1.807, 2.05) is 48.6 Å². The van der Waals surface area contributed by atoms with Gasteiger partial charge in [-0.25, -0.2) is 4.98 Å². The number of aromatic nitrogens is 1. The fourth-order valence-corrected chi connectivity index (χ4v) is 2.83. The zero-order chi connectivity index (χ0) is 17.8. The van der Waals surface area contributed by atoms with Crippen molar-refractivity contribution in [3.63, 3.8) is 0 Å². The van der Waals surface area contributed by atoms with Crippen LogP contribution in [0.5, 0.6) is 11.5 Å². The predicted octanol–water partition coefficient (Wildman–Crippen LogP) is 5.10. The highest BCUT2D eigenvalue weighted by Crippen LogP contribution is 2.26. The number of nitrogens with zero attached hydrogens (tertiary/aromatic N) is 1. The van der Waals surface area contributed by atoms with Gasteiger partial charge >= 0.3 is 5.97 Å². The smallest absolute Gasteiger partial charge is 0.308 e. The first kappa shape index (κ1) is 17.2. The summed E-state index contributed by atoms with van der Waals surface area (Å²) in [5.41, 5.74) is 2.52. The lowest BCUT2D eigenvalue weighted by molar-refractivity contribution is -0.131. The van der Waals surface area contributed by atoms with Gasteiger partial charge in [-0.2, -0.15) is 0 Å². The van der Waals surface area contributed by atoms with Crippen molar-refractivity contribution in [1.82, 2.24) is 4.98 Å². The lowest BCUT2D eigenvalue weighted by Crippen LogP contribution is -2.01. The lowest BCUT2D eigenvalue weighted by atomic mass is 10.1. The highest BCUT2D eigenvalue weighted by molar-refractivity contribution is 9.10. The summed E-state index contributed by atoms with van der Waals surface area (Å²) in [6, 6.07) is 15.2. The Morgan fingerprint density at radius 2 is 1.96 bits per heavy atom. The molecule has 0 bridgehead atoms. The number of hydrogen-bond acceptors (Lipinski definition) is 4. The number of carbonyl (C=O) groups excluding carboxylic acids is 1. The zero-order valence-corrected chi connectivity index (χ0v) is 15.4. The summed E-state index contributed by atoms with van der Waals surface area (Å²) in [6.07, 6.45) is 3.82. The standard InChI is InChI=1S/C20H16BrNO3/c1-13(23)25-17-10-11-18(21)15(12-17)7-9-16-8-6-14-4-3-5-19(24-2)20(14)22-16/h3-12H,1-2H3. The van der Waals surface area contributed by atoms with Crippen LogP contribution in [0.25, 0.3) is 23.1 Å². The third-order valence-electron chi connectivity index (χ3n) is 3.59. The molecule has 1 heterocycles. The number of rotatable bonds is 4. The molecule has 126 valence electrons. The summed E-state index contributed by atoms with van der Waals surface area (Å²) >= 11 is 3.50. The molecule has 0 unspecified atom stereocenters. The molecule has 0 aliphatic rings. The molecule has 4 nitrogen and oxygen atoms in total. The molecule has 0 amide bonds. The molecule has 0 saturated heterocycles. The summed E-state index contributed by atoms with van der Waals surface area (Å²) in [4.78, 5) is 15.7. The predicted molar refractivity (Wildman–Crippen MR) is 103 cm³/mol. The molecule has 0 aliphatic heterocycles. The summed E-state index contributed by atoms with van der Waals surface area (Å²) in [5.74, 6) is 0.898. The second-order valence-corrected chi connectivity index (χ2v) is 6.23. The first-order valence-corrected chi connectivity index (χ1v) is 8.46. The van der Waals surface area contributed by atoms with Crippen LogP contribution in [0.2, 0.25) is 0 Å². The van der Waals surface area contributed by atoms with Crippen molar-refractivity contribution >= 4 is 45.0 Å². The van der Waals surface area contributed by atoms with Gasteiger partial charge in [0.25, 0.3) is 0 Å². The number of carbonyl (C=O) groups is 1. The highest BCUT2D eigenvalue weighted by Gasteiger charge is 2.04. The average molecular weight is 398 g/mol. The van der Waals surface area contributed by atoms with E-state index < -0.39 is 0 Å². The van der Waals surface area contributed by atoms with Gasteiger partial charge in [-0.05, 0) is 42.0 Å². The minimum atomic E-state index is -0.347. The average Bonchev–Trinajstić information content (AvgIpc) is 2.61. The number of methoxy groups -OCH3 is 1. The number of benzene rings is 2. The quantitative estimate of drug-likeness (QED) is 0.453. The van der Waals surface area contributed by atoms with Gasteiger partial charge in [0.2, 0.25) is 0 Å². The Bertz CT molecular complexity index is 966. The number of hydrogen-bond donors (Lipinski definition) is 0. The van der Waals surface area contributed by atoms with E-state index in [1.54, 1.807) is 19.2 Å². The molecule has 5 heteroatoms. The van der Waals surface area contributed by atoms with Crippen LogP contribution in [-0.2, 0) is 4.79 Å². The number of ether oxygens (including phenoxy) is 2. The molecule has 0 saturated carbocycles. The van der Waals surface area contributed by atoms with Gasteiger partial charge in [-0.3, -0.25) is 4.79 Å². The topological polar surface area (TPSA) is 48.4 Å². The van der Waals surface area contributed by atoms with Crippen LogP contribution in [-0.4, -0.2) is 18.1 Å². The number of fused-ring (bicyclic) bond motifs is 1. The molecular weight excluding hydrogens is 382 g/mol. The van der Waals surface area contributed by atoms with Crippen molar-refractivity contribution in [2.75, 3.05) is 7.11 Å². The Balaban J connectivity index is 1.94. The first-order valence-electron chi connectivity index (χ1n) is 7.66. The van der Waals surface area contributed by atoms with E-state index in [0.717, 1.165) is 32.4 Å². The van der Waals surface area contributed by atoms with Crippen LogP contribution in [0.4, 0.5) is 0 Å². The van der Waals surface area contributed by atoms with Crippen LogP contribution in [0.1, 0.15) is 18.2 Å². The van der Waals surface area contributed by atoms with E-state index >= 15 is 0 Å². The number of esters is 1. The Labute approximate surface area is 154 Å². The van der Waals surface area contributed by atoms with Crippen LogP contribution in [0, 0.1) is 0 Å². The summed E-state index contributed by atoms with van der Waals surface area (Å²) in [7, 11) is 1.64. The van der Waals surface area contributed by atoms with Crippen molar-refractivity contribution in [3.05, 3.63) is 64.3 Å². The van der Waals surface area contributed by atoms with Gasteiger partial charge in [0.15, 0.2) is 0 Å². The second kappa shape index (κ2) is 7.49. The molecule has 0 fully saturated rings. The van der Waals surface area contributed by atoms with E-state index in [1.165, 1.54) is 6.92 Å². The first-order chi connectivity index (χ1) is 12.1. The van der Waals surface area contributed by atoms with Crippen molar-refractivity contribution in [2.24, 2.45) is 0 Å². The van der Waals surface area contributed by atoms with Gasteiger partial charge in [0.05, 0.1) is 12.8 Å². The fraction of sp³-hybridized carbons (Fsp3) is 0.100. The molecule has 2 aromatic carbocycles. The number of para-hydroxylation sites is 1. The van der Waals surface area contributed by atoms with E-state index in [-0.39, 0.29) is 5.97 Å². The molecule has 0 aliphatic carbocycles. The minimum absolute atomic E-state index is 0.347. The third kappa shape index (κ3) is 4.06. The van der Waals surface area contributed by atoms with Crippen molar-refractivity contribution in [1.29, 1.82) is 0 Å². The van der Waals surface area contributed by atoms with E-state index in [4.69, 9.17) is 9.47 Å². The Morgan fingerprint density at radius 1 is 1.12 bits per heavy atom. The molecule has 25 heavy (non-hydrogen) atoms. The normalized spacial score (nSPS) is 11.0. The van der Waals surface area contributed by atoms with Gasteiger partial charge < -0.3 is 9.47 Å². The number of pyridine rings is 1. The number of halogens is 1. The van der Waals surface area contributed by atoms with Crippen LogP contribution in [0.15, 0.2) is 53.0 Å². The van der Waals surface area contributed by atoms with E-state index in [0.29, 0.717) is 5.75 Å². The van der Waals surface area contributed by atoms with Crippen molar-refractivity contribution in [2.45, 2.75) is 6.92 Å². The second-order valence-electron chi connectivity index (χ2n) is 5.38. The van der Waals surface area contributed by atoms with Crippen molar-refractivity contribution < 1.29 is 14.3 Å². The fourth-order valence-electron chi connectivity index (χ4n) is 2.45.